The van der Waals surface area contributed by atoms with Crippen molar-refractivity contribution in [3.8, 4) is 0 Å². The smallest absolute Gasteiger partial charge is 0.319 e. The molecule has 18 heavy (non-hydrogen) atoms. The maximum Gasteiger partial charge on any atom is 0.319 e. The molecule has 0 spiro atoms. The third-order valence-corrected chi connectivity index (χ3v) is 3.78. The van der Waals surface area contributed by atoms with Crippen molar-refractivity contribution in [1.29, 1.82) is 0 Å². The second kappa shape index (κ2) is 4.26. The van der Waals surface area contributed by atoms with Gasteiger partial charge in [0.1, 0.15) is 0 Å². The molecule has 0 aromatic heterocycles. The van der Waals surface area contributed by atoms with Crippen LogP contribution >= 0.6 is 0 Å². The van der Waals surface area contributed by atoms with Gasteiger partial charge >= 0.3 is 11.9 Å². The Morgan fingerprint density at radius 2 is 1.72 bits per heavy atom. The van der Waals surface area contributed by atoms with Crippen LogP contribution in [0.1, 0.15) is 27.2 Å². The summed E-state index contributed by atoms with van der Waals surface area (Å²) in [6.07, 6.45) is 0.292. The Kier molecular flexibility index (Phi) is 3.42. The first-order chi connectivity index (χ1) is 8.06. The summed E-state index contributed by atoms with van der Waals surface area (Å²) in [6, 6.07) is 0. The van der Waals surface area contributed by atoms with Crippen molar-refractivity contribution in [3.63, 3.8) is 0 Å². The third kappa shape index (κ3) is 2.07. The zero-order valence-corrected chi connectivity index (χ0v) is 11.1. The van der Waals surface area contributed by atoms with Gasteiger partial charge in [-0.15, -0.1) is 0 Å². The minimum Gasteiger partial charge on any atom is -0.481 e. The van der Waals surface area contributed by atoms with Gasteiger partial charge in [0.2, 0.25) is 5.91 Å². The summed E-state index contributed by atoms with van der Waals surface area (Å²) < 4.78 is 0. The fourth-order valence-corrected chi connectivity index (χ4v) is 2.34. The van der Waals surface area contributed by atoms with E-state index >= 15 is 0 Å². The van der Waals surface area contributed by atoms with Crippen LogP contribution in [0.3, 0.4) is 0 Å². The van der Waals surface area contributed by atoms with Gasteiger partial charge in [0, 0.05) is 13.6 Å². The minimum atomic E-state index is -1.39. The average Bonchev–Trinajstić information content (AvgIpc) is 2.81. The molecule has 1 fully saturated rings. The quantitative estimate of drug-likeness (QED) is 0.706. The molecule has 0 aromatic carbocycles. The maximum atomic E-state index is 12.2. The summed E-state index contributed by atoms with van der Waals surface area (Å²) >= 11 is 0. The molecule has 0 aromatic rings. The Bertz CT molecular complexity index is 403. The Balaban J connectivity index is 2.82. The zero-order valence-electron chi connectivity index (χ0n) is 11.1. The van der Waals surface area contributed by atoms with E-state index in [9.17, 15) is 19.5 Å². The molecule has 0 heterocycles. The zero-order chi connectivity index (χ0) is 14.3. The van der Waals surface area contributed by atoms with Crippen molar-refractivity contribution in [2.75, 3.05) is 13.6 Å². The molecular weight excluding hydrogens is 238 g/mol. The SMILES string of the molecule is CC(CN(C)C(=O)C1(C(=O)O)CC1(C)C)C(=O)O. The van der Waals surface area contributed by atoms with Crippen LogP contribution in [0.4, 0.5) is 0 Å². The predicted octanol–water partition coefficient (Wildman–Crippen LogP) is 0.666. The van der Waals surface area contributed by atoms with Gasteiger partial charge in [-0.2, -0.15) is 0 Å². The van der Waals surface area contributed by atoms with Crippen molar-refractivity contribution in [1.82, 2.24) is 4.90 Å². The van der Waals surface area contributed by atoms with Crippen LogP contribution in [-0.2, 0) is 14.4 Å². The van der Waals surface area contributed by atoms with Gasteiger partial charge in [-0.1, -0.05) is 20.8 Å². The summed E-state index contributed by atoms with van der Waals surface area (Å²) in [4.78, 5) is 35.4. The van der Waals surface area contributed by atoms with Crippen LogP contribution in [0.25, 0.3) is 0 Å². The van der Waals surface area contributed by atoms with Crippen LogP contribution in [-0.4, -0.2) is 46.6 Å². The fourth-order valence-electron chi connectivity index (χ4n) is 2.34. The lowest BCUT2D eigenvalue weighted by atomic mass is 9.94. The van der Waals surface area contributed by atoms with Crippen LogP contribution in [0, 0.1) is 16.7 Å². The Morgan fingerprint density at radius 1 is 1.28 bits per heavy atom. The first-order valence-corrected chi connectivity index (χ1v) is 5.78. The molecule has 1 amide bonds. The van der Waals surface area contributed by atoms with E-state index in [1.807, 2.05) is 0 Å². The highest BCUT2D eigenvalue weighted by molar-refractivity contribution is 6.06. The molecule has 0 aliphatic heterocycles. The first kappa shape index (κ1) is 14.5. The van der Waals surface area contributed by atoms with Crippen molar-refractivity contribution in [2.24, 2.45) is 16.7 Å². The molecule has 2 N–H and O–H groups in total. The lowest BCUT2D eigenvalue weighted by Gasteiger charge is -2.24. The predicted molar refractivity (Wildman–Crippen MR) is 62.9 cm³/mol. The van der Waals surface area contributed by atoms with E-state index in [1.165, 1.54) is 18.9 Å². The van der Waals surface area contributed by atoms with Crippen LogP contribution < -0.4 is 0 Å². The molecule has 6 heteroatoms. The van der Waals surface area contributed by atoms with E-state index in [4.69, 9.17) is 5.11 Å². The van der Waals surface area contributed by atoms with Crippen LogP contribution in [0.15, 0.2) is 0 Å². The van der Waals surface area contributed by atoms with Crippen LogP contribution in [0.5, 0.6) is 0 Å². The molecule has 102 valence electrons. The van der Waals surface area contributed by atoms with E-state index in [2.05, 4.69) is 0 Å². The maximum absolute atomic E-state index is 12.2. The van der Waals surface area contributed by atoms with Crippen molar-refractivity contribution >= 4 is 17.8 Å². The van der Waals surface area contributed by atoms with Crippen molar-refractivity contribution in [3.05, 3.63) is 0 Å². The topological polar surface area (TPSA) is 94.9 Å². The lowest BCUT2D eigenvalue weighted by Crippen LogP contribution is -2.43. The molecule has 2 unspecified atom stereocenters. The van der Waals surface area contributed by atoms with E-state index in [-0.39, 0.29) is 6.54 Å². The summed E-state index contributed by atoms with van der Waals surface area (Å²) in [7, 11) is 1.45. The number of carbonyl (C=O) groups excluding carboxylic acids is 1. The normalized spacial score (nSPS) is 26.2. The molecule has 2 atom stereocenters. The second-order valence-corrected chi connectivity index (χ2v) is 5.70. The van der Waals surface area contributed by atoms with E-state index in [0.29, 0.717) is 6.42 Å². The monoisotopic (exact) mass is 257 g/mol. The molecule has 0 saturated heterocycles. The number of carboxylic acids is 2. The van der Waals surface area contributed by atoms with Gasteiger partial charge in [0.05, 0.1) is 5.92 Å². The standard InChI is InChI=1S/C12H19NO5/c1-7(8(14)15)5-13(4)9(16)12(10(17)18)6-11(12,2)3/h7H,5-6H2,1-4H3,(H,14,15)(H,17,18). The van der Waals surface area contributed by atoms with E-state index in [0.717, 1.165) is 0 Å². The van der Waals surface area contributed by atoms with Gasteiger partial charge in [-0.05, 0) is 11.8 Å². The number of nitrogens with zero attached hydrogens (tertiary/aromatic N) is 1. The first-order valence-electron chi connectivity index (χ1n) is 5.78. The summed E-state index contributed by atoms with van der Waals surface area (Å²) in [5, 5.41) is 18.0. The summed E-state index contributed by atoms with van der Waals surface area (Å²) in [6.45, 7) is 4.96. The highest BCUT2D eigenvalue weighted by atomic mass is 16.4. The van der Waals surface area contributed by atoms with Gasteiger partial charge in [0.15, 0.2) is 5.41 Å². The Morgan fingerprint density at radius 3 is 2.00 bits per heavy atom. The highest BCUT2D eigenvalue weighted by Gasteiger charge is 2.72. The number of hydrogen-bond donors (Lipinski definition) is 2. The number of aliphatic carboxylic acids is 2. The molecule has 1 saturated carbocycles. The molecule has 1 aliphatic carbocycles. The minimum absolute atomic E-state index is 0.0132. The second-order valence-electron chi connectivity index (χ2n) is 5.70. The molecule has 0 radical (unpaired) electrons. The third-order valence-electron chi connectivity index (χ3n) is 3.78. The van der Waals surface area contributed by atoms with E-state index in [1.54, 1.807) is 13.8 Å². The largest absolute Gasteiger partial charge is 0.481 e. The van der Waals surface area contributed by atoms with Gasteiger partial charge in [-0.25, -0.2) is 0 Å². The fraction of sp³-hybridized carbons (Fsp3) is 0.750. The summed E-state index contributed by atoms with van der Waals surface area (Å²) in [5.74, 6) is -3.36. The number of carboxylic acid groups (broad SMARTS) is 2. The Hall–Kier alpha value is -1.59. The molecule has 1 rings (SSSR count). The van der Waals surface area contributed by atoms with Gasteiger partial charge in [0.25, 0.3) is 0 Å². The summed E-state index contributed by atoms with van der Waals surface area (Å²) in [5.41, 5.74) is -1.96. The van der Waals surface area contributed by atoms with Crippen LogP contribution in [0.2, 0.25) is 0 Å². The van der Waals surface area contributed by atoms with Crippen molar-refractivity contribution in [2.45, 2.75) is 27.2 Å². The number of hydrogen-bond acceptors (Lipinski definition) is 3. The van der Waals surface area contributed by atoms with Gasteiger partial charge in [-0.3, -0.25) is 14.4 Å². The number of carbonyl (C=O) groups is 3. The van der Waals surface area contributed by atoms with Gasteiger partial charge < -0.3 is 15.1 Å². The number of amides is 1. The van der Waals surface area contributed by atoms with E-state index < -0.39 is 34.6 Å². The van der Waals surface area contributed by atoms with Crippen molar-refractivity contribution < 1.29 is 24.6 Å². The lowest BCUT2D eigenvalue weighted by molar-refractivity contribution is -0.155. The number of rotatable bonds is 5. The highest BCUT2D eigenvalue weighted by Crippen LogP contribution is 2.64. The molecule has 1 aliphatic rings. The average molecular weight is 257 g/mol. The molecule has 6 nitrogen and oxygen atoms in total. The molecular formula is C12H19NO5. The Labute approximate surface area is 106 Å². The molecule has 0 bridgehead atoms.